The fourth-order valence-corrected chi connectivity index (χ4v) is 7.10. The van der Waals surface area contributed by atoms with Crippen LogP contribution in [0.4, 0.5) is 5.69 Å². The summed E-state index contributed by atoms with van der Waals surface area (Å²) in [6, 6.07) is 10.9. The lowest BCUT2D eigenvalue weighted by Crippen LogP contribution is -2.43. The van der Waals surface area contributed by atoms with Gasteiger partial charge in [0, 0.05) is 35.6 Å². The van der Waals surface area contributed by atoms with E-state index < -0.39 is 10.0 Å². The molecule has 1 unspecified atom stereocenters. The van der Waals surface area contributed by atoms with Gasteiger partial charge in [-0.2, -0.15) is 4.31 Å². The molecular formula is C20H23N5O3S3. The molecular weight excluding hydrogens is 454 g/mol. The van der Waals surface area contributed by atoms with E-state index in [1.807, 2.05) is 42.8 Å². The Labute approximate surface area is 189 Å². The van der Waals surface area contributed by atoms with Gasteiger partial charge in [-0.05, 0) is 67.9 Å². The first-order chi connectivity index (χ1) is 14.8. The summed E-state index contributed by atoms with van der Waals surface area (Å²) in [5.74, 6) is -0.534. The highest BCUT2D eigenvalue weighted by molar-refractivity contribution is 7.99. The van der Waals surface area contributed by atoms with Crippen molar-refractivity contribution in [1.82, 2.24) is 19.1 Å². The highest BCUT2D eigenvalue weighted by atomic mass is 32.2. The van der Waals surface area contributed by atoms with Gasteiger partial charge in [-0.15, -0.1) is 21.5 Å². The Morgan fingerprint density at radius 2 is 2.00 bits per heavy atom. The van der Waals surface area contributed by atoms with Gasteiger partial charge in [0.15, 0.2) is 5.16 Å². The number of carbonyl (C=O) groups excluding carboxylic acids is 1. The normalized spacial score (nSPS) is 17.5. The average molecular weight is 478 g/mol. The predicted molar refractivity (Wildman–Crippen MR) is 121 cm³/mol. The van der Waals surface area contributed by atoms with Gasteiger partial charge in [-0.1, -0.05) is 0 Å². The third-order valence-corrected chi connectivity index (χ3v) is 9.46. The molecule has 0 radical (unpaired) electrons. The van der Waals surface area contributed by atoms with Crippen LogP contribution in [0.3, 0.4) is 0 Å². The molecule has 4 rings (SSSR count). The molecule has 1 saturated heterocycles. The van der Waals surface area contributed by atoms with Gasteiger partial charge < -0.3 is 9.88 Å². The predicted octanol–water partition coefficient (Wildman–Crippen LogP) is 3.38. The van der Waals surface area contributed by atoms with Crippen LogP contribution in [0, 0.1) is 12.8 Å². The molecule has 1 fully saturated rings. The lowest BCUT2D eigenvalue weighted by atomic mass is 9.99. The van der Waals surface area contributed by atoms with E-state index in [0.29, 0.717) is 29.3 Å². The topological polar surface area (TPSA) is 97.2 Å². The molecule has 1 aromatic carbocycles. The highest BCUT2D eigenvalue weighted by Crippen LogP contribution is 2.29. The van der Waals surface area contributed by atoms with E-state index in [0.717, 1.165) is 14.9 Å². The van der Waals surface area contributed by atoms with Crippen molar-refractivity contribution >= 4 is 44.7 Å². The molecule has 2 aromatic heterocycles. The second-order valence-electron chi connectivity index (χ2n) is 7.41. The van der Waals surface area contributed by atoms with Crippen LogP contribution >= 0.6 is 23.1 Å². The van der Waals surface area contributed by atoms with Crippen LogP contribution in [0.2, 0.25) is 0 Å². The minimum Gasteiger partial charge on any atom is -0.326 e. The van der Waals surface area contributed by atoms with E-state index in [4.69, 9.17) is 0 Å². The number of hydrogen-bond donors (Lipinski definition) is 1. The molecule has 8 nitrogen and oxygen atoms in total. The summed E-state index contributed by atoms with van der Waals surface area (Å²) >= 11 is 2.75. The number of piperidine rings is 1. The third-order valence-electron chi connectivity index (χ3n) is 5.07. The number of hydrogen-bond acceptors (Lipinski definition) is 7. The van der Waals surface area contributed by atoms with E-state index in [9.17, 15) is 13.2 Å². The first-order valence-electron chi connectivity index (χ1n) is 9.82. The van der Waals surface area contributed by atoms with Crippen molar-refractivity contribution in [3.05, 3.63) is 47.6 Å². The molecule has 1 aliphatic rings. The Morgan fingerprint density at radius 3 is 2.65 bits per heavy atom. The zero-order valence-electron chi connectivity index (χ0n) is 17.2. The van der Waals surface area contributed by atoms with Crippen molar-refractivity contribution in [2.75, 3.05) is 18.4 Å². The number of amides is 1. The Kier molecular flexibility index (Phi) is 6.47. The van der Waals surface area contributed by atoms with Crippen molar-refractivity contribution in [1.29, 1.82) is 0 Å². The Hall–Kier alpha value is -2.21. The van der Waals surface area contributed by atoms with Gasteiger partial charge in [0.05, 0.1) is 5.92 Å². The molecule has 0 aliphatic carbocycles. The molecule has 0 bridgehead atoms. The zero-order valence-corrected chi connectivity index (χ0v) is 19.6. The fourth-order valence-electron chi connectivity index (χ4n) is 3.37. The van der Waals surface area contributed by atoms with Crippen molar-refractivity contribution in [3.63, 3.8) is 0 Å². The minimum atomic E-state index is -3.56. The summed E-state index contributed by atoms with van der Waals surface area (Å²) in [6.45, 7) is 2.52. The van der Waals surface area contributed by atoms with Gasteiger partial charge in [-0.25, -0.2) is 8.42 Å². The standard InChI is InChI=1S/C20H23N5O3S3/c1-14-5-10-18(29-14)31(27,28)25-11-3-4-15(12-25)19(26)22-16-6-8-17(9-7-16)30-20-23-21-13-24(20)2/h5-10,13,15H,3-4,11-12H2,1-2H3,(H,22,26). The van der Waals surface area contributed by atoms with Crippen molar-refractivity contribution < 1.29 is 13.2 Å². The maximum Gasteiger partial charge on any atom is 0.252 e. The number of rotatable bonds is 6. The van der Waals surface area contributed by atoms with Crippen molar-refractivity contribution in [2.45, 2.75) is 34.0 Å². The van der Waals surface area contributed by atoms with Crippen LogP contribution in [0.1, 0.15) is 17.7 Å². The van der Waals surface area contributed by atoms with E-state index in [-0.39, 0.29) is 18.4 Å². The van der Waals surface area contributed by atoms with Crippen LogP contribution in [0.25, 0.3) is 0 Å². The molecule has 164 valence electrons. The average Bonchev–Trinajstić information content (AvgIpc) is 3.38. The molecule has 0 spiro atoms. The first kappa shape index (κ1) is 22.0. The summed E-state index contributed by atoms with van der Waals surface area (Å²) in [5.41, 5.74) is 0.682. The SMILES string of the molecule is Cc1ccc(S(=O)(=O)N2CCCC(C(=O)Nc3ccc(Sc4nncn4C)cc3)C2)s1. The lowest BCUT2D eigenvalue weighted by molar-refractivity contribution is -0.120. The van der Waals surface area contributed by atoms with Gasteiger partial charge in [0.1, 0.15) is 10.5 Å². The summed E-state index contributed by atoms with van der Waals surface area (Å²) in [6.07, 6.45) is 2.97. The third kappa shape index (κ3) is 5.00. The molecule has 1 amide bonds. The molecule has 31 heavy (non-hydrogen) atoms. The van der Waals surface area contributed by atoms with Crippen LogP contribution in [-0.4, -0.2) is 46.5 Å². The number of nitrogens with one attached hydrogen (secondary N) is 1. The monoisotopic (exact) mass is 477 g/mol. The quantitative estimate of drug-likeness (QED) is 0.585. The molecule has 1 atom stereocenters. The zero-order chi connectivity index (χ0) is 22.0. The number of thiophene rings is 1. The minimum absolute atomic E-state index is 0.157. The van der Waals surface area contributed by atoms with Crippen molar-refractivity contribution in [3.8, 4) is 0 Å². The van der Waals surface area contributed by atoms with E-state index in [1.165, 1.54) is 27.4 Å². The van der Waals surface area contributed by atoms with Crippen LogP contribution < -0.4 is 5.32 Å². The van der Waals surface area contributed by atoms with E-state index >= 15 is 0 Å². The van der Waals surface area contributed by atoms with Crippen molar-refractivity contribution in [2.24, 2.45) is 13.0 Å². The maximum absolute atomic E-state index is 12.9. The summed E-state index contributed by atoms with van der Waals surface area (Å²) < 4.78 is 29.4. The van der Waals surface area contributed by atoms with Gasteiger partial charge in [0.25, 0.3) is 10.0 Å². The Morgan fingerprint density at radius 1 is 1.23 bits per heavy atom. The summed E-state index contributed by atoms with van der Waals surface area (Å²) in [4.78, 5) is 14.7. The maximum atomic E-state index is 12.9. The number of nitrogens with zero attached hydrogens (tertiary/aromatic N) is 4. The number of sulfonamides is 1. The van der Waals surface area contributed by atoms with Gasteiger partial charge in [-0.3, -0.25) is 4.79 Å². The molecule has 3 heterocycles. The lowest BCUT2D eigenvalue weighted by Gasteiger charge is -2.30. The summed E-state index contributed by atoms with van der Waals surface area (Å²) in [5, 5.41) is 11.6. The summed E-state index contributed by atoms with van der Waals surface area (Å²) in [7, 11) is -1.68. The second kappa shape index (κ2) is 9.11. The van der Waals surface area contributed by atoms with Gasteiger partial charge >= 0.3 is 0 Å². The largest absolute Gasteiger partial charge is 0.326 e. The molecule has 1 aliphatic heterocycles. The molecule has 1 N–H and O–H groups in total. The number of benzene rings is 1. The molecule has 11 heteroatoms. The van der Waals surface area contributed by atoms with Crippen LogP contribution in [-0.2, 0) is 21.9 Å². The fraction of sp³-hybridized carbons (Fsp3) is 0.350. The Bertz CT molecular complexity index is 1170. The van der Waals surface area contributed by atoms with E-state index in [2.05, 4.69) is 15.5 Å². The Balaban J connectivity index is 1.38. The highest BCUT2D eigenvalue weighted by Gasteiger charge is 2.34. The van der Waals surface area contributed by atoms with E-state index in [1.54, 1.807) is 18.5 Å². The van der Waals surface area contributed by atoms with Crippen LogP contribution in [0.5, 0.6) is 0 Å². The van der Waals surface area contributed by atoms with Crippen LogP contribution in [0.15, 0.2) is 57.0 Å². The van der Waals surface area contributed by atoms with Gasteiger partial charge in [0.2, 0.25) is 5.91 Å². The molecule has 3 aromatic rings. The number of carbonyl (C=O) groups is 1. The second-order valence-corrected chi connectivity index (χ2v) is 11.9. The number of anilines is 1. The molecule has 0 saturated carbocycles. The first-order valence-corrected chi connectivity index (χ1v) is 12.9. The number of aromatic nitrogens is 3. The smallest absolute Gasteiger partial charge is 0.252 e. The number of aryl methyl sites for hydroxylation is 2.